The molecule has 0 saturated carbocycles. The molecule has 104 valence electrons. The van der Waals surface area contributed by atoms with Gasteiger partial charge in [0.05, 0.1) is 12.8 Å². The largest absolute Gasteiger partial charge is 0.468 e. The third-order valence-corrected chi connectivity index (χ3v) is 3.76. The number of thiophene rings is 1. The first kappa shape index (κ1) is 14.3. The summed E-state index contributed by atoms with van der Waals surface area (Å²) in [5.74, 6) is 1.04. The van der Waals surface area contributed by atoms with Gasteiger partial charge in [-0.25, -0.2) is 0 Å². The molecule has 19 heavy (non-hydrogen) atoms. The highest BCUT2D eigenvalue weighted by Crippen LogP contribution is 2.13. The molecule has 0 unspecified atom stereocenters. The topological polar surface area (TPSA) is 19.6 Å². The molecule has 2 rings (SSSR count). The van der Waals surface area contributed by atoms with Crippen molar-refractivity contribution in [2.45, 2.75) is 19.5 Å². The van der Waals surface area contributed by atoms with Crippen molar-refractivity contribution in [2.75, 3.05) is 27.2 Å². The molecule has 2 aromatic heterocycles. The van der Waals surface area contributed by atoms with Crippen molar-refractivity contribution in [3.63, 3.8) is 0 Å². The van der Waals surface area contributed by atoms with Gasteiger partial charge in [-0.1, -0.05) is 0 Å². The number of hydrogen-bond donors (Lipinski definition) is 0. The van der Waals surface area contributed by atoms with Crippen molar-refractivity contribution < 1.29 is 4.42 Å². The van der Waals surface area contributed by atoms with Crippen LogP contribution in [0.4, 0.5) is 0 Å². The van der Waals surface area contributed by atoms with Gasteiger partial charge in [-0.15, -0.1) is 0 Å². The fourth-order valence-corrected chi connectivity index (χ4v) is 2.75. The van der Waals surface area contributed by atoms with E-state index in [-0.39, 0.29) is 0 Å². The van der Waals surface area contributed by atoms with Gasteiger partial charge in [0, 0.05) is 13.1 Å². The molecule has 0 bridgehead atoms. The summed E-state index contributed by atoms with van der Waals surface area (Å²) in [5, 5.41) is 4.36. The van der Waals surface area contributed by atoms with Gasteiger partial charge in [-0.2, -0.15) is 11.3 Å². The molecule has 0 spiro atoms. The summed E-state index contributed by atoms with van der Waals surface area (Å²) in [6.45, 7) is 4.10. The summed E-state index contributed by atoms with van der Waals surface area (Å²) >= 11 is 1.76. The predicted octanol–water partition coefficient (Wildman–Crippen LogP) is 3.30. The van der Waals surface area contributed by atoms with Crippen molar-refractivity contribution in [2.24, 2.45) is 0 Å². The summed E-state index contributed by atoms with van der Waals surface area (Å²) in [6, 6.07) is 6.20. The number of rotatable bonds is 8. The van der Waals surface area contributed by atoms with Crippen LogP contribution in [-0.2, 0) is 13.1 Å². The van der Waals surface area contributed by atoms with E-state index in [4.69, 9.17) is 4.42 Å². The Morgan fingerprint density at radius 1 is 1.16 bits per heavy atom. The Morgan fingerprint density at radius 3 is 2.68 bits per heavy atom. The van der Waals surface area contributed by atoms with Crippen LogP contribution in [-0.4, -0.2) is 37.0 Å². The SMILES string of the molecule is CN(C)CCCN(Cc1ccsc1)Cc1ccco1. The lowest BCUT2D eigenvalue weighted by Crippen LogP contribution is -2.26. The average molecular weight is 278 g/mol. The summed E-state index contributed by atoms with van der Waals surface area (Å²) in [6.07, 6.45) is 2.93. The van der Waals surface area contributed by atoms with E-state index in [2.05, 4.69) is 40.7 Å². The Morgan fingerprint density at radius 2 is 2.05 bits per heavy atom. The lowest BCUT2D eigenvalue weighted by Gasteiger charge is -2.21. The molecule has 0 fully saturated rings. The minimum atomic E-state index is 0.885. The van der Waals surface area contributed by atoms with Gasteiger partial charge in [0.15, 0.2) is 0 Å². The maximum Gasteiger partial charge on any atom is 0.117 e. The first-order valence-electron chi connectivity index (χ1n) is 6.64. The van der Waals surface area contributed by atoms with Crippen LogP contribution in [0, 0.1) is 0 Å². The Kier molecular flexibility index (Phi) is 5.63. The van der Waals surface area contributed by atoms with E-state index >= 15 is 0 Å². The van der Waals surface area contributed by atoms with E-state index in [1.54, 1.807) is 17.6 Å². The molecule has 0 aliphatic carbocycles. The van der Waals surface area contributed by atoms with Gasteiger partial charge in [-0.3, -0.25) is 4.90 Å². The van der Waals surface area contributed by atoms with Crippen molar-refractivity contribution in [1.82, 2.24) is 9.80 Å². The van der Waals surface area contributed by atoms with Crippen LogP contribution in [0.2, 0.25) is 0 Å². The summed E-state index contributed by atoms with van der Waals surface area (Å²) < 4.78 is 5.46. The molecule has 0 amide bonds. The smallest absolute Gasteiger partial charge is 0.117 e. The third-order valence-electron chi connectivity index (χ3n) is 3.03. The minimum Gasteiger partial charge on any atom is -0.468 e. The van der Waals surface area contributed by atoms with Gasteiger partial charge >= 0.3 is 0 Å². The zero-order chi connectivity index (χ0) is 13.5. The van der Waals surface area contributed by atoms with Crippen LogP contribution in [0.15, 0.2) is 39.6 Å². The Balaban J connectivity index is 1.88. The Bertz CT molecular complexity index is 400. The second kappa shape index (κ2) is 7.48. The highest BCUT2D eigenvalue weighted by molar-refractivity contribution is 7.07. The van der Waals surface area contributed by atoms with E-state index in [1.165, 1.54) is 12.0 Å². The Hall–Kier alpha value is -1.10. The minimum absolute atomic E-state index is 0.885. The fraction of sp³-hybridized carbons (Fsp3) is 0.467. The van der Waals surface area contributed by atoms with Gasteiger partial charge in [-0.05, 0) is 61.6 Å². The molecule has 4 heteroatoms. The molecule has 0 saturated heterocycles. The Labute approximate surface area is 119 Å². The lowest BCUT2D eigenvalue weighted by molar-refractivity contribution is 0.222. The van der Waals surface area contributed by atoms with Crippen LogP contribution in [0.3, 0.4) is 0 Å². The molecule has 2 heterocycles. The molecule has 0 aromatic carbocycles. The number of nitrogens with zero attached hydrogens (tertiary/aromatic N) is 2. The van der Waals surface area contributed by atoms with Crippen molar-refractivity contribution in [3.05, 3.63) is 46.5 Å². The zero-order valence-electron chi connectivity index (χ0n) is 11.7. The maximum atomic E-state index is 5.46. The highest BCUT2D eigenvalue weighted by Gasteiger charge is 2.09. The summed E-state index contributed by atoms with van der Waals surface area (Å²) in [5.41, 5.74) is 1.39. The van der Waals surface area contributed by atoms with Crippen LogP contribution < -0.4 is 0 Å². The first-order valence-corrected chi connectivity index (χ1v) is 7.59. The molecular weight excluding hydrogens is 256 g/mol. The highest BCUT2D eigenvalue weighted by atomic mass is 32.1. The average Bonchev–Trinajstić information content (AvgIpc) is 3.01. The van der Waals surface area contributed by atoms with Crippen molar-refractivity contribution >= 4 is 11.3 Å². The van der Waals surface area contributed by atoms with Crippen LogP contribution >= 0.6 is 11.3 Å². The third kappa shape index (κ3) is 5.19. The molecule has 3 nitrogen and oxygen atoms in total. The van der Waals surface area contributed by atoms with E-state index in [9.17, 15) is 0 Å². The maximum absolute atomic E-state index is 5.46. The normalized spacial score (nSPS) is 11.6. The molecule has 0 aliphatic rings. The molecule has 0 atom stereocenters. The van der Waals surface area contributed by atoms with Gasteiger partial charge in [0.25, 0.3) is 0 Å². The molecular formula is C15H22N2OS. The van der Waals surface area contributed by atoms with Crippen LogP contribution in [0.25, 0.3) is 0 Å². The van der Waals surface area contributed by atoms with E-state index < -0.39 is 0 Å². The van der Waals surface area contributed by atoms with Crippen LogP contribution in [0.5, 0.6) is 0 Å². The summed E-state index contributed by atoms with van der Waals surface area (Å²) in [4.78, 5) is 4.68. The monoisotopic (exact) mass is 278 g/mol. The molecule has 0 N–H and O–H groups in total. The predicted molar refractivity (Wildman–Crippen MR) is 80.3 cm³/mol. The van der Waals surface area contributed by atoms with E-state index in [1.807, 2.05) is 12.1 Å². The van der Waals surface area contributed by atoms with E-state index in [0.29, 0.717) is 0 Å². The summed E-state index contributed by atoms with van der Waals surface area (Å²) in [7, 11) is 4.24. The van der Waals surface area contributed by atoms with Crippen molar-refractivity contribution in [1.29, 1.82) is 0 Å². The van der Waals surface area contributed by atoms with Gasteiger partial charge < -0.3 is 9.32 Å². The van der Waals surface area contributed by atoms with Crippen molar-refractivity contribution in [3.8, 4) is 0 Å². The number of hydrogen-bond acceptors (Lipinski definition) is 4. The molecule has 2 aromatic rings. The number of furan rings is 1. The zero-order valence-corrected chi connectivity index (χ0v) is 12.5. The van der Waals surface area contributed by atoms with E-state index in [0.717, 1.165) is 31.9 Å². The quantitative estimate of drug-likeness (QED) is 0.738. The standard InChI is InChI=1S/C15H22N2OS/c1-16(2)7-4-8-17(11-14-6-10-19-13-14)12-15-5-3-9-18-15/h3,5-6,9-10,13H,4,7-8,11-12H2,1-2H3. The first-order chi connectivity index (χ1) is 9.24. The lowest BCUT2D eigenvalue weighted by atomic mass is 10.2. The molecule has 0 aliphatic heterocycles. The molecule has 0 radical (unpaired) electrons. The fourth-order valence-electron chi connectivity index (χ4n) is 2.09. The van der Waals surface area contributed by atoms with Gasteiger partial charge in [0.1, 0.15) is 5.76 Å². The second-order valence-electron chi connectivity index (χ2n) is 5.08. The van der Waals surface area contributed by atoms with Gasteiger partial charge in [0.2, 0.25) is 0 Å². The van der Waals surface area contributed by atoms with Crippen LogP contribution in [0.1, 0.15) is 17.7 Å². The second-order valence-corrected chi connectivity index (χ2v) is 5.86.